The van der Waals surface area contributed by atoms with Crippen LogP contribution in [0.3, 0.4) is 0 Å². The van der Waals surface area contributed by atoms with Crippen molar-refractivity contribution in [3.8, 4) is 0 Å². The first-order valence-corrected chi connectivity index (χ1v) is 12.5. The number of carbonyl (C=O) groups is 2. The lowest BCUT2D eigenvalue weighted by Gasteiger charge is -2.27. The van der Waals surface area contributed by atoms with E-state index in [2.05, 4.69) is 5.32 Å². The van der Waals surface area contributed by atoms with Crippen LogP contribution < -0.4 is 5.32 Å². The van der Waals surface area contributed by atoms with Gasteiger partial charge >= 0.3 is 0 Å². The number of fused-ring (bicyclic) bond motifs is 1. The average molecular weight is 459 g/mol. The van der Waals surface area contributed by atoms with Crippen LogP contribution in [0.15, 0.2) is 27.5 Å². The molecule has 0 saturated carbocycles. The van der Waals surface area contributed by atoms with Crippen LogP contribution in [0.4, 0.5) is 5.69 Å². The van der Waals surface area contributed by atoms with Gasteiger partial charge in [0.15, 0.2) is 11.5 Å². The number of carbonyl (C=O) groups excluding carboxylic acids is 2. The molecule has 2 aromatic rings. The van der Waals surface area contributed by atoms with Gasteiger partial charge in [-0.15, -0.1) is 0 Å². The van der Waals surface area contributed by atoms with Crippen LogP contribution in [0.5, 0.6) is 0 Å². The number of sulfonamides is 1. The lowest BCUT2D eigenvalue weighted by molar-refractivity contribution is 0.0898. The van der Waals surface area contributed by atoms with Crippen LogP contribution in [-0.2, 0) is 16.4 Å². The minimum atomic E-state index is -3.63. The summed E-state index contributed by atoms with van der Waals surface area (Å²) in [6.45, 7) is 8.50. The van der Waals surface area contributed by atoms with Crippen molar-refractivity contribution in [3.05, 3.63) is 46.4 Å². The van der Waals surface area contributed by atoms with Gasteiger partial charge in [-0.3, -0.25) is 9.59 Å². The zero-order chi connectivity index (χ0) is 23.3. The van der Waals surface area contributed by atoms with Crippen molar-refractivity contribution in [1.82, 2.24) is 4.31 Å². The Morgan fingerprint density at radius 2 is 1.78 bits per heavy atom. The maximum Gasteiger partial charge on any atom is 0.291 e. The lowest BCUT2D eigenvalue weighted by atomic mass is 9.76. The Bertz CT molecular complexity index is 1190. The molecule has 1 aromatic carbocycles. The van der Waals surface area contributed by atoms with Crippen molar-refractivity contribution in [2.24, 2.45) is 5.41 Å². The molecular formula is C24H30N2O5S. The minimum absolute atomic E-state index is 0.0122. The van der Waals surface area contributed by atoms with Crippen LogP contribution in [0, 0.1) is 19.3 Å². The minimum Gasteiger partial charge on any atom is -0.455 e. The molecular weight excluding hydrogens is 428 g/mol. The molecule has 0 atom stereocenters. The Kier molecular flexibility index (Phi) is 5.79. The van der Waals surface area contributed by atoms with Gasteiger partial charge in [0.1, 0.15) is 5.76 Å². The zero-order valence-electron chi connectivity index (χ0n) is 19.1. The Hall–Kier alpha value is -2.45. The number of amides is 1. The number of rotatable bonds is 4. The van der Waals surface area contributed by atoms with Crippen molar-refractivity contribution in [2.45, 2.75) is 64.7 Å². The number of aryl methyl sites for hydroxylation is 1. The number of hydrogen-bond donors (Lipinski definition) is 1. The van der Waals surface area contributed by atoms with Crippen LogP contribution in [0.2, 0.25) is 0 Å². The summed E-state index contributed by atoms with van der Waals surface area (Å²) in [5.41, 5.74) is 1.83. The fourth-order valence-corrected chi connectivity index (χ4v) is 6.46. The number of benzene rings is 1. The molecule has 1 saturated heterocycles. The molecule has 0 bridgehead atoms. The van der Waals surface area contributed by atoms with E-state index in [0.717, 1.165) is 19.3 Å². The normalized spacial score (nSPS) is 18.9. The SMILES string of the molecule is Cc1ccc(NC(=O)c2oc3c(c2C)C(=O)CC(C)(C)C3)cc1S(=O)(=O)N1CCCCC1. The summed E-state index contributed by atoms with van der Waals surface area (Å²) < 4.78 is 33.7. The van der Waals surface area contributed by atoms with E-state index in [1.807, 2.05) is 13.8 Å². The summed E-state index contributed by atoms with van der Waals surface area (Å²) in [4.78, 5) is 25.8. The largest absolute Gasteiger partial charge is 0.455 e. The lowest BCUT2D eigenvalue weighted by Crippen LogP contribution is -2.36. The van der Waals surface area contributed by atoms with Crippen molar-refractivity contribution in [3.63, 3.8) is 0 Å². The molecule has 1 aliphatic heterocycles. The van der Waals surface area contributed by atoms with Crippen LogP contribution in [0.1, 0.15) is 77.3 Å². The van der Waals surface area contributed by atoms with Crippen molar-refractivity contribution in [2.75, 3.05) is 18.4 Å². The highest BCUT2D eigenvalue weighted by molar-refractivity contribution is 7.89. The molecule has 1 aromatic heterocycles. The standard InChI is InChI=1S/C24H30N2O5S/c1-15-8-9-17(12-20(15)32(29,30)26-10-6-5-7-11-26)25-23(28)22-16(2)21-18(27)13-24(3,4)14-19(21)31-22/h8-9,12H,5-7,10-11,13-14H2,1-4H3,(H,25,28). The Morgan fingerprint density at radius 3 is 2.47 bits per heavy atom. The number of furan rings is 1. The van der Waals surface area contributed by atoms with Crippen molar-refractivity contribution in [1.29, 1.82) is 0 Å². The van der Waals surface area contributed by atoms with Gasteiger partial charge in [-0.05, 0) is 49.8 Å². The van der Waals surface area contributed by atoms with E-state index in [4.69, 9.17) is 4.42 Å². The number of ketones is 1. The van der Waals surface area contributed by atoms with Gasteiger partial charge in [-0.1, -0.05) is 26.3 Å². The van der Waals surface area contributed by atoms with Gasteiger partial charge in [0, 0.05) is 37.2 Å². The van der Waals surface area contributed by atoms with Gasteiger partial charge in [-0.2, -0.15) is 4.31 Å². The van der Waals surface area contributed by atoms with Crippen LogP contribution in [-0.4, -0.2) is 37.5 Å². The molecule has 4 rings (SSSR count). The zero-order valence-corrected chi connectivity index (χ0v) is 19.9. The highest BCUT2D eigenvalue weighted by Gasteiger charge is 2.37. The van der Waals surface area contributed by atoms with E-state index in [9.17, 15) is 18.0 Å². The fraction of sp³-hybridized carbons (Fsp3) is 0.500. The first-order valence-electron chi connectivity index (χ1n) is 11.1. The number of anilines is 1. The molecule has 0 unspecified atom stereocenters. The summed E-state index contributed by atoms with van der Waals surface area (Å²) in [5.74, 6) is 0.141. The van der Waals surface area contributed by atoms with Crippen molar-refractivity contribution < 1.29 is 22.4 Å². The Morgan fingerprint density at radius 1 is 1.09 bits per heavy atom. The summed E-state index contributed by atoms with van der Waals surface area (Å²) in [6.07, 6.45) is 3.74. The first-order chi connectivity index (χ1) is 15.0. The predicted octanol–water partition coefficient (Wildman–Crippen LogP) is 4.48. The van der Waals surface area contributed by atoms with Gasteiger partial charge in [0.05, 0.1) is 10.5 Å². The average Bonchev–Trinajstić information content (AvgIpc) is 3.05. The number of hydrogen-bond acceptors (Lipinski definition) is 5. The predicted molar refractivity (Wildman–Crippen MR) is 122 cm³/mol. The van der Waals surface area contributed by atoms with Gasteiger partial charge < -0.3 is 9.73 Å². The van der Waals surface area contributed by atoms with Crippen LogP contribution >= 0.6 is 0 Å². The molecule has 1 fully saturated rings. The third-order valence-corrected chi connectivity index (χ3v) is 8.40. The monoisotopic (exact) mass is 458 g/mol. The van der Waals surface area contributed by atoms with E-state index in [1.54, 1.807) is 26.0 Å². The maximum atomic E-state index is 13.2. The number of piperidine rings is 1. The van der Waals surface area contributed by atoms with Gasteiger partial charge in [-0.25, -0.2) is 8.42 Å². The summed E-state index contributed by atoms with van der Waals surface area (Å²) >= 11 is 0. The van der Waals surface area contributed by atoms with Crippen LogP contribution in [0.25, 0.3) is 0 Å². The number of nitrogens with one attached hydrogen (secondary N) is 1. The maximum absolute atomic E-state index is 13.2. The topological polar surface area (TPSA) is 96.7 Å². The first kappa shape index (κ1) is 22.7. The molecule has 2 heterocycles. The number of nitrogens with zero attached hydrogens (tertiary/aromatic N) is 1. The van der Waals surface area contributed by atoms with E-state index < -0.39 is 15.9 Å². The van der Waals surface area contributed by atoms with E-state index in [-0.39, 0.29) is 21.9 Å². The molecule has 8 heteroatoms. The van der Waals surface area contributed by atoms with E-state index in [0.29, 0.717) is 54.1 Å². The summed E-state index contributed by atoms with van der Waals surface area (Å²) in [6, 6.07) is 4.87. The molecule has 1 aliphatic carbocycles. The van der Waals surface area contributed by atoms with Crippen molar-refractivity contribution >= 4 is 27.4 Å². The highest BCUT2D eigenvalue weighted by atomic mass is 32.2. The van der Waals surface area contributed by atoms with Gasteiger partial charge in [0.2, 0.25) is 10.0 Å². The quantitative estimate of drug-likeness (QED) is 0.729. The third-order valence-electron chi connectivity index (χ3n) is 6.36. The second kappa shape index (κ2) is 8.15. The smallest absolute Gasteiger partial charge is 0.291 e. The second-order valence-electron chi connectivity index (χ2n) is 9.69. The molecule has 1 N–H and O–H groups in total. The molecule has 7 nitrogen and oxygen atoms in total. The highest BCUT2D eigenvalue weighted by Crippen LogP contribution is 2.38. The molecule has 172 valence electrons. The molecule has 1 amide bonds. The molecule has 0 radical (unpaired) electrons. The van der Waals surface area contributed by atoms with E-state index >= 15 is 0 Å². The fourth-order valence-electron chi connectivity index (χ4n) is 4.69. The molecule has 2 aliphatic rings. The summed E-state index contributed by atoms with van der Waals surface area (Å²) in [5, 5.41) is 2.76. The second-order valence-corrected chi connectivity index (χ2v) is 11.6. The Labute approximate surface area is 189 Å². The molecule has 0 spiro atoms. The summed E-state index contributed by atoms with van der Waals surface area (Å²) in [7, 11) is -3.63. The van der Waals surface area contributed by atoms with Gasteiger partial charge in [0.25, 0.3) is 5.91 Å². The number of Topliss-reactive ketones (excluding diaryl/α,β-unsaturated/α-hetero) is 1. The Balaban J connectivity index is 1.61. The van der Waals surface area contributed by atoms with E-state index in [1.165, 1.54) is 10.4 Å². The molecule has 32 heavy (non-hydrogen) atoms. The third kappa shape index (κ3) is 4.13.